The van der Waals surface area contributed by atoms with Crippen LogP contribution in [0, 0.1) is 11.3 Å². The predicted molar refractivity (Wildman–Crippen MR) is 87.5 cm³/mol. The van der Waals surface area contributed by atoms with Crippen molar-refractivity contribution in [1.29, 1.82) is 5.26 Å². The maximum Gasteiger partial charge on any atom is 0.243 e. The van der Waals surface area contributed by atoms with Crippen molar-refractivity contribution in [3.8, 4) is 17.8 Å². The van der Waals surface area contributed by atoms with Crippen molar-refractivity contribution in [3.05, 3.63) is 42.2 Å². The van der Waals surface area contributed by atoms with Gasteiger partial charge in [0.1, 0.15) is 6.10 Å². The second-order valence-electron chi connectivity index (χ2n) is 5.43. The normalized spacial score (nSPS) is 17.8. The number of rotatable bonds is 5. The van der Waals surface area contributed by atoms with Crippen LogP contribution in [-0.4, -0.2) is 49.0 Å². The molecule has 0 saturated carbocycles. The van der Waals surface area contributed by atoms with Crippen LogP contribution in [0.15, 0.2) is 41.6 Å². The molecule has 8 nitrogen and oxygen atoms in total. The second-order valence-corrected chi connectivity index (χ2v) is 7.37. The van der Waals surface area contributed by atoms with Crippen molar-refractivity contribution >= 4 is 10.0 Å². The first-order chi connectivity index (χ1) is 12.0. The number of hydrogen-bond acceptors (Lipinski definition) is 7. The summed E-state index contributed by atoms with van der Waals surface area (Å²) in [6, 6.07) is 7.83. The Hall–Kier alpha value is -2.70. The van der Waals surface area contributed by atoms with Gasteiger partial charge in [0, 0.05) is 6.54 Å². The molecule has 0 spiro atoms. The SMILES string of the molecule is COc1cncc(O[C@H]2CCN(S(=O)(=O)c3ccc(C#N)cc3)C2)n1. The van der Waals surface area contributed by atoms with E-state index in [1.54, 1.807) is 0 Å². The van der Waals surface area contributed by atoms with Gasteiger partial charge in [-0.1, -0.05) is 0 Å². The molecule has 1 saturated heterocycles. The highest BCUT2D eigenvalue weighted by atomic mass is 32.2. The number of ether oxygens (including phenoxy) is 2. The fraction of sp³-hybridized carbons (Fsp3) is 0.312. The lowest BCUT2D eigenvalue weighted by Gasteiger charge is -2.17. The van der Waals surface area contributed by atoms with E-state index in [-0.39, 0.29) is 17.5 Å². The highest BCUT2D eigenvalue weighted by Crippen LogP contribution is 2.24. The molecule has 1 aliphatic rings. The molecule has 2 heterocycles. The number of methoxy groups -OCH3 is 1. The molecule has 0 radical (unpaired) electrons. The van der Waals surface area contributed by atoms with Gasteiger partial charge in [0.15, 0.2) is 0 Å². The fourth-order valence-electron chi connectivity index (χ4n) is 2.52. The maximum atomic E-state index is 12.7. The van der Waals surface area contributed by atoms with Crippen molar-refractivity contribution in [2.75, 3.05) is 20.2 Å². The average molecular weight is 360 g/mol. The van der Waals surface area contributed by atoms with Gasteiger partial charge in [-0.2, -0.15) is 14.6 Å². The minimum atomic E-state index is -3.62. The van der Waals surface area contributed by atoms with E-state index in [1.807, 2.05) is 6.07 Å². The minimum Gasteiger partial charge on any atom is -0.480 e. The maximum absolute atomic E-state index is 12.7. The van der Waals surface area contributed by atoms with E-state index in [1.165, 1.54) is 48.1 Å². The largest absolute Gasteiger partial charge is 0.480 e. The Balaban J connectivity index is 1.69. The molecule has 1 atom stereocenters. The lowest BCUT2D eigenvalue weighted by Crippen LogP contribution is -2.31. The van der Waals surface area contributed by atoms with Gasteiger partial charge in [-0.05, 0) is 30.7 Å². The summed E-state index contributed by atoms with van der Waals surface area (Å²) in [5.41, 5.74) is 0.415. The van der Waals surface area contributed by atoms with Crippen LogP contribution in [0.2, 0.25) is 0 Å². The van der Waals surface area contributed by atoms with E-state index in [0.717, 1.165) is 0 Å². The third kappa shape index (κ3) is 3.70. The van der Waals surface area contributed by atoms with E-state index < -0.39 is 10.0 Å². The van der Waals surface area contributed by atoms with Gasteiger partial charge in [0.25, 0.3) is 0 Å². The molecule has 2 aromatic rings. The van der Waals surface area contributed by atoms with Gasteiger partial charge in [-0.15, -0.1) is 0 Å². The zero-order valence-corrected chi connectivity index (χ0v) is 14.3. The van der Waals surface area contributed by atoms with Crippen molar-refractivity contribution in [1.82, 2.24) is 14.3 Å². The highest BCUT2D eigenvalue weighted by molar-refractivity contribution is 7.89. The van der Waals surface area contributed by atoms with Gasteiger partial charge in [-0.25, -0.2) is 8.42 Å². The zero-order chi connectivity index (χ0) is 17.9. The molecule has 1 aromatic heterocycles. The molecule has 0 N–H and O–H groups in total. The molecule has 25 heavy (non-hydrogen) atoms. The Kier molecular flexibility index (Phi) is 4.83. The Labute approximate surface area is 145 Å². The number of nitriles is 1. The lowest BCUT2D eigenvalue weighted by atomic mass is 10.2. The van der Waals surface area contributed by atoms with Crippen molar-refractivity contribution in [3.63, 3.8) is 0 Å². The number of sulfonamides is 1. The Bertz CT molecular complexity index is 893. The molecule has 0 unspecified atom stereocenters. The number of benzene rings is 1. The quantitative estimate of drug-likeness (QED) is 0.789. The Morgan fingerprint density at radius 3 is 2.64 bits per heavy atom. The van der Waals surface area contributed by atoms with Crippen molar-refractivity contribution in [2.24, 2.45) is 0 Å². The molecule has 0 aliphatic carbocycles. The number of hydrogen-bond donors (Lipinski definition) is 0. The molecule has 1 fully saturated rings. The van der Waals surface area contributed by atoms with Crippen LogP contribution in [-0.2, 0) is 10.0 Å². The van der Waals surface area contributed by atoms with E-state index in [2.05, 4.69) is 9.97 Å². The topological polar surface area (TPSA) is 105 Å². The summed E-state index contributed by atoms with van der Waals surface area (Å²) in [6.45, 7) is 0.575. The molecular formula is C16H16N4O4S. The lowest BCUT2D eigenvalue weighted by molar-refractivity contribution is 0.203. The molecule has 0 bridgehead atoms. The molecule has 3 rings (SSSR count). The van der Waals surface area contributed by atoms with Crippen LogP contribution >= 0.6 is 0 Å². The summed E-state index contributed by atoms with van der Waals surface area (Å²) in [4.78, 5) is 8.23. The molecule has 9 heteroatoms. The Morgan fingerprint density at radius 2 is 1.96 bits per heavy atom. The summed E-state index contributed by atoms with van der Waals surface area (Å²) in [5, 5.41) is 8.81. The third-order valence-electron chi connectivity index (χ3n) is 3.82. The van der Waals surface area contributed by atoms with Crippen LogP contribution in [0.3, 0.4) is 0 Å². The highest BCUT2D eigenvalue weighted by Gasteiger charge is 2.33. The summed E-state index contributed by atoms with van der Waals surface area (Å²) >= 11 is 0. The van der Waals surface area contributed by atoms with Gasteiger partial charge in [0.2, 0.25) is 21.8 Å². The minimum absolute atomic E-state index is 0.160. The van der Waals surface area contributed by atoms with Crippen molar-refractivity contribution in [2.45, 2.75) is 17.4 Å². The number of nitrogens with zero attached hydrogens (tertiary/aromatic N) is 4. The molecule has 0 amide bonds. The van der Waals surface area contributed by atoms with Crippen LogP contribution in [0.4, 0.5) is 0 Å². The van der Waals surface area contributed by atoms with Gasteiger partial charge in [-0.3, -0.25) is 4.98 Å². The summed E-state index contributed by atoms with van der Waals surface area (Å²) in [7, 11) is -2.14. The van der Waals surface area contributed by atoms with Crippen LogP contribution in [0.25, 0.3) is 0 Å². The zero-order valence-electron chi connectivity index (χ0n) is 13.5. The first-order valence-electron chi connectivity index (χ1n) is 7.56. The monoisotopic (exact) mass is 360 g/mol. The van der Waals surface area contributed by atoms with E-state index >= 15 is 0 Å². The fourth-order valence-corrected chi connectivity index (χ4v) is 4.01. The number of aromatic nitrogens is 2. The summed E-state index contributed by atoms with van der Waals surface area (Å²) in [5.74, 6) is 0.625. The van der Waals surface area contributed by atoms with E-state index in [9.17, 15) is 8.42 Å². The first-order valence-corrected chi connectivity index (χ1v) is 9.00. The van der Waals surface area contributed by atoms with Crippen molar-refractivity contribution < 1.29 is 17.9 Å². The molecule has 130 valence electrons. The first kappa shape index (κ1) is 17.1. The molecule has 1 aromatic carbocycles. The van der Waals surface area contributed by atoms with E-state index in [4.69, 9.17) is 14.7 Å². The average Bonchev–Trinajstić information content (AvgIpc) is 3.11. The van der Waals surface area contributed by atoms with Gasteiger partial charge >= 0.3 is 0 Å². The van der Waals surface area contributed by atoms with Crippen LogP contribution < -0.4 is 9.47 Å². The third-order valence-corrected chi connectivity index (χ3v) is 5.70. The molecule has 1 aliphatic heterocycles. The predicted octanol–water partition coefficient (Wildman–Crippen LogP) is 1.20. The van der Waals surface area contributed by atoms with Crippen LogP contribution in [0.1, 0.15) is 12.0 Å². The summed E-state index contributed by atoms with van der Waals surface area (Å²) in [6.07, 6.45) is 3.16. The van der Waals surface area contributed by atoms with Gasteiger partial charge in [0.05, 0.1) is 42.6 Å². The standard InChI is InChI=1S/C16H16N4O4S/c1-23-15-9-18-10-16(19-15)24-13-6-7-20(11-13)25(21,22)14-4-2-12(8-17)3-5-14/h2-5,9-10,13H,6-7,11H2,1H3/t13-/m0/s1. The Morgan fingerprint density at radius 1 is 1.24 bits per heavy atom. The van der Waals surface area contributed by atoms with Gasteiger partial charge < -0.3 is 9.47 Å². The van der Waals surface area contributed by atoms with Crippen LogP contribution in [0.5, 0.6) is 11.8 Å². The smallest absolute Gasteiger partial charge is 0.243 e. The molecular weight excluding hydrogens is 344 g/mol. The van der Waals surface area contributed by atoms with E-state index in [0.29, 0.717) is 30.3 Å². The summed E-state index contributed by atoms with van der Waals surface area (Å²) < 4.78 is 37.4. The second kappa shape index (κ2) is 7.04.